The smallest absolute Gasteiger partial charge is 0.145 e. The van der Waals surface area contributed by atoms with Crippen LogP contribution < -0.4 is 4.74 Å². The second-order valence-corrected chi connectivity index (χ2v) is 3.59. The number of hydrogen-bond donors (Lipinski definition) is 1. The summed E-state index contributed by atoms with van der Waals surface area (Å²) in [6, 6.07) is 5.05. The van der Waals surface area contributed by atoms with Gasteiger partial charge in [0.25, 0.3) is 0 Å². The molecule has 0 radical (unpaired) electrons. The average molecular weight is 220 g/mol. The van der Waals surface area contributed by atoms with Crippen molar-refractivity contribution in [2.75, 3.05) is 0 Å². The van der Waals surface area contributed by atoms with Gasteiger partial charge in [0.15, 0.2) is 0 Å². The van der Waals surface area contributed by atoms with Crippen LogP contribution in [-0.4, -0.2) is 15.4 Å². The Balaban J connectivity index is 2.07. The summed E-state index contributed by atoms with van der Waals surface area (Å²) in [4.78, 5) is 0. The van der Waals surface area contributed by atoms with Crippen LogP contribution in [0.25, 0.3) is 0 Å². The summed E-state index contributed by atoms with van der Waals surface area (Å²) < 4.78 is 10.0. The third kappa shape index (κ3) is 2.31. The molecule has 0 amide bonds. The van der Waals surface area contributed by atoms with Crippen molar-refractivity contribution in [3.63, 3.8) is 0 Å². The fourth-order valence-electron chi connectivity index (χ4n) is 1.34. The molecule has 0 aliphatic heterocycles. The molecule has 0 unspecified atom stereocenters. The van der Waals surface area contributed by atoms with Gasteiger partial charge in [-0.15, -0.1) is 0 Å². The third-order valence-electron chi connectivity index (χ3n) is 2.16. The van der Waals surface area contributed by atoms with Crippen LogP contribution in [0.3, 0.4) is 0 Å². The predicted molar refractivity (Wildman–Crippen MR) is 56.2 cm³/mol. The molecule has 84 valence electrons. The van der Waals surface area contributed by atoms with Crippen LogP contribution >= 0.6 is 0 Å². The zero-order valence-electron chi connectivity index (χ0n) is 9.10. The average Bonchev–Trinajstić information content (AvgIpc) is 2.59. The van der Waals surface area contributed by atoms with E-state index in [1.807, 2.05) is 13.0 Å². The van der Waals surface area contributed by atoms with Gasteiger partial charge in [-0.25, -0.2) is 4.63 Å². The Morgan fingerprint density at radius 3 is 2.69 bits per heavy atom. The molecule has 5 nitrogen and oxygen atoms in total. The summed E-state index contributed by atoms with van der Waals surface area (Å²) in [5.41, 5.74) is 2.29. The first kappa shape index (κ1) is 10.5. The lowest BCUT2D eigenvalue weighted by molar-refractivity contribution is 0.269. The van der Waals surface area contributed by atoms with Crippen molar-refractivity contribution in [3.8, 4) is 11.5 Å². The van der Waals surface area contributed by atoms with Crippen LogP contribution in [0.1, 0.15) is 17.0 Å². The standard InChI is InChI=1S/C11H12N2O3/c1-7-3-9(14)5-10(4-7)15-6-11-8(2)12-16-13-11/h3-5,14H,6H2,1-2H3. The van der Waals surface area contributed by atoms with Crippen LogP contribution in [0.5, 0.6) is 11.5 Å². The van der Waals surface area contributed by atoms with Crippen molar-refractivity contribution in [1.82, 2.24) is 10.3 Å². The van der Waals surface area contributed by atoms with Crippen LogP contribution in [0.4, 0.5) is 0 Å². The maximum Gasteiger partial charge on any atom is 0.145 e. The molecule has 0 aliphatic carbocycles. The fourth-order valence-corrected chi connectivity index (χ4v) is 1.34. The molecule has 0 saturated heterocycles. The molecule has 0 aliphatic rings. The highest BCUT2D eigenvalue weighted by molar-refractivity contribution is 5.36. The van der Waals surface area contributed by atoms with Crippen LogP contribution in [0, 0.1) is 13.8 Å². The van der Waals surface area contributed by atoms with Gasteiger partial charge in [-0.1, -0.05) is 10.3 Å². The Labute approximate surface area is 92.6 Å². The number of hydrogen-bond acceptors (Lipinski definition) is 5. The molecule has 1 heterocycles. The molecule has 0 fully saturated rings. The van der Waals surface area contributed by atoms with E-state index in [-0.39, 0.29) is 12.4 Å². The minimum atomic E-state index is 0.185. The molecule has 2 rings (SSSR count). The maximum absolute atomic E-state index is 9.38. The fraction of sp³-hybridized carbons (Fsp3) is 0.273. The number of phenols is 1. The van der Waals surface area contributed by atoms with Gasteiger partial charge in [0.05, 0.1) is 0 Å². The van der Waals surface area contributed by atoms with E-state index in [1.54, 1.807) is 19.1 Å². The normalized spacial score (nSPS) is 10.4. The predicted octanol–water partition coefficient (Wildman–Crippen LogP) is 1.97. The highest BCUT2D eigenvalue weighted by atomic mass is 16.6. The Kier molecular flexibility index (Phi) is 2.76. The van der Waals surface area contributed by atoms with E-state index in [2.05, 4.69) is 14.9 Å². The van der Waals surface area contributed by atoms with E-state index in [0.29, 0.717) is 17.1 Å². The number of nitrogens with zero attached hydrogens (tertiary/aromatic N) is 2. The van der Waals surface area contributed by atoms with Gasteiger partial charge >= 0.3 is 0 Å². The molecule has 0 atom stereocenters. The van der Waals surface area contributed by atoms with E-state index in [0.717, 1.165) is 5.56 Å². The minimum absolute atomic E-state index is 0.185. The summed E-state index contributed by atoms with van der Waals surface area (Å²) in [6.07, 6.45) is 0. The Morgan fingerprint density at radius 1 is 1.25 bits per heavy atom. The van der Waals surface area contributed by atoms with E-state index in [1.165, 1.54) is 0 Å². The van der Waals surface area contributed by atoms with Gasteiger partial charge in [-0.05, 0) is 31.5 Å². The molecule has 0 spiro atoms. The van der Waals surface area contributed by atoms with Crippen molar-refractivity contribution in [1.29, 1.82) is 0 Å². The van der Waals surface area contributed by atoms with E-state index in [4.69, 9.17) is 4.74 Å². The number of aryl methyl sites for hydroxylation is 2. The highest BCUT2D eigenvalue weighted by Crippen LogP contribution is 2.22. The molecule has 1 aromatic heterocycles. The molecule has 0 bridgehead atoms. The molecule has 5 heteroatoms. The summed E-state index contributed by atoms with van der Waals surface area (Å²) >= 11 is 0. The second kappa shape index (κ2) is 4.22. The summed E-state index contributed by atoms with van der Waals surface area (Å²) in [5.74, 6) is 0.782. The van der Waals surface area contributed by atoms with Crippen LogP contribution in [-0.2, 0) is 6.61 Å². The lowest BCUT2D eigenvalue weighted by Gasteiger charge is -2.05. The Morgan fingerprint density at radius 2 is 2.06 bits per heavy atom. The lowest BCUT2D eigenvalue weighted by Crippen LogP contribution is -1.97. The van der Waals surface area contributed by atoms with E-state index < -0.39 is 0 Å². The SMILES string of the molecule is Cc1cc(O)cc(OCc2nonc2C)c1. The van der Waals surface area contributed by atoms with E-state index in [9.17, 15) is 5.11 Å². The van der Waals surface area contributed by atoms with Crippen molar-refractivity contribution in [2.45, 2.75) is 20.5 Å². The van der Waals surface area contributed by atoms with Crippen molar-refractivity contribution in [3.05, 3.63) is 35.2 Å². The molecule has 1 N–H and O–H groups in total. The van der Waals surface area contributed by atoms with Gasteiger partial charge in [-0.3, -0.25) is 0 Å². The molecule has 2 aromatic rings. The Bertz CT molecular complexity index is 473. The number of aromatic nitrogens is 2. The van der Waals surface area contributed by atoms with Crippen molar-refractivity contribution < 1.29 is 14.5 Å². The molecular weight excluding hydrogens is 208 g/mol. The number of benzene rings is 1. The first-order valence-electron chi connectivity index (χ1n) is 4.86. The summed E-state index contributed by atoms with van der Waals surface area (Å²) in [5, 5.41) is 16.7. The Hall–Kier alpha value is -2.04. The minimum Gasteiger partial charge on any atom is -0.508 e. The first-order valence-corrected chi connectivity index (χ1v) is 4.86. The quantitative estimate of drug-likeness (QED) is 0.856. The largest absolute Gasteiger partial charge is 0.508 e. The first-order chi connectivity index (χ1) is 7.65. The second-order valence-electron chi connectivity index (χ2n) is 3.59. The zero-order chi connectivity index (χ0) is 11.5. The van der Waals surface area contributed by atoms with Crippen molar-refractivity contribution >= 4 is 0 Å². The number of aromatic hydroxyl groups is 1. The van der Waals surface area contributed by atoms with Gasteiger partial charge in [0, 0.05) is 6.07 Å². The van der Waals surface area contributed by atoms with Crippen molar-refractivity contribution in [2.24, 2.45) is 0 Å². The summed E-state index contributed by atoms with van der Waals surface area (Å²) in [7, 11) is 0. The lowest BCUT2D eigenvalue weighted by atomic mass is 10.2. The number of phenolic OH excluding ortho intramolecular Hbond substituents is 1. The monoisotopic (exact) mass is 220 g/mol. The highest BCUT2D eigenvalue weighted by Gasteiger charge is 2.06. The molecule has 1 aromatic carbocycles. The van der Waals surface area contributed by atoms with Crippen LogP contribution in [0.15, 0.2) is 22.8 Å². The third-order valence-corrected chi connectivity index (χ3v) is 2.16. The number of rotatable bonds is 3. The maximum atomic E-state index is 9.38. The van der Waals surface area contributed by atoms with Gasteiger partial charge in [0.2, 0.25) is 0 Å². The van der Waals surface area contributed by atoms with E-state index >= 15 is 0 Å². The zero-order valence-corrected chi connectivity index (χ0v) is 9.10. The molecule has 16 heavy (non-hydrogen) atoms. The van der Waals surface area contributed by atoms with Gasteiger partial charge < -0.3 is 9.84 Å². The topological polar surface area (TPSA) is 68.4 Å². The number of ether oxygens (including phenoxy) is 1. The molecular formula is C11H12N2O3. The van der Waals surface area contributed by atoms with Crippen LogP contribution in [0.2, 0.25) is 0 Å². The molecule has 0 saturated carbocycles. The van der Waals surface area contributed by atoms with Gasteiger partial charge in [0.1, 0.15) is 29.5 Å². The van der Waals surface area contributed by atoms with Gasteiger partial charge in [-0.2, -0.15) is 0 Å². The summed E-state index contributed by atoms with van der Waals surface area (Å²) in [6.45, 7) is 3.95.